The van der Waals surface area contributed by atoms with Gasteiger partial charge in [-0.15, -0.1) is 0 Å². The molecule has 0 radical (unpaired) electrons. The second kappa shape index (κ2) is 7.09. The highest BCUT2D eigenvalue weighted by Crippen LogP contribution is 2.33. The Bertz CT molecular complexity index is 734. The lowest BCUT2D eigenvalue weighted by atomic mass is 9.76. The fourth-order valence-electron chi connectivity index (χ4n) is 3.34. The van der Waals surface area contributed by atoms with Crippen LogP contribution < -0.4 is 10.2 Å². The summed E-state index contributed by atoms with van der Waals surface area (Å²) in [4.78, 5) is 24.8. The molecule has 0 spiro atoms. The maximum atomic E-state index is 12.7. The number of likely N-dealkylation sites (tertiary alicyclic amines) is 1. The highest BCUT2D eigenvalue weighted by atomic mass is 16.2. The lowest BCUT2D eigenvalue weighted by Crippen LogP contribution is -2.48. The van der Waals surface area contributed by atoms with Crippen LogP contribution in [-0.2, 0) is 5.41 Å². The zero-order valence-corrected chi connectivity index (χ0v) is 15.1. The molecule has 1 unspecified atom stereocenters. The molecule has 1 aromatic carbocycles. The van der Waals surface area contributed by atoms with Crippen molar-refractivity contribution in [3.05, 3.63) is 48.3 Å². The minimum absolute atomic E-state index is 0.0165. The van der Waals surface area contributed by atoms with E-state index in [2.05, 4.69) is 46.5 Å². The van der Waals surface area contributed by atoms with Gasteiger partial charge in [0.2, 0.25) is 0 Å². The number of hydrogen-bond acceptors (Lipinski definition) is 4. The summed E-state index contributed by atoms with van der Waals surface area (Å²) in [5.74, 6) is 1.29. The van der Waals surface area contributed by atoms with E-state index in [0.717, 1.165) is 25.2 Å². The minimum Gasteiger partial charge on any atom is -0.363 e. The normalized spacial score (nSPS) is 20.2. The molecule has 6 nitrogen and oxygen atoms in total. The molecule has 0 aliphatic carbocycles. The smallest absolute Gasteiger partial charge is 0.323 e. The van der Waals surface area contributed by atoms with Crippen LogP contribution in [0.1, 0.15) is 25.3 Å². The van der Waals surface area contributed by atoms with Crippen LogP contribution in [0.3, 0.4) is 0 Å². The Labute approximate surface area is 148 Å². The second-order valence-corrected chi connectivity index (χ2v) is 7.04. The predicted octanol–water partition coefficient (Wildman–Crippen LogP) is 3.13. The van der Waals surface area contributed by atoms with E-state index in [4.69, 9.17) is 0 Å². The SMILES string of the molecule is CN(C)c1cc(NC(=O)N2CCCC(C)(c3ccccc3)C2)ncn1. The summed E-state index contributed by atoms with van der Waals surface area (Å²) in [5.41, 5.74) is 1.27. The van der Waals surface area contributed by atoms with Crippen LogP contribution >= 0.6 is 0 Å². The summed E-state index contributed by atoms with van der Waals surface area (Å²) < 4.78 is 0. The lowest BCUT2D eigenvalue weighted by molar-refractivity contribution is 0.167. The van der Waals surface area contributed by atoms with E-state index in [1.165, 1.54) is 11.9 Å². The summed E-state index contributed by atoms with van der Waals surface area (Å²) >= 11 is 0. The molecular formula is C19H25N5O. The number of hydrogen-bond donors (Lipinski definition) is 1. The third kappa shape index (κ3) is 3.90. The van der Waals surface area contributed by atoms with E-state index in [1.54, 1.807) is 6.07 Å². The highest BCUT2D eigenvalue weighted by Gasteiger charge is 2.34. The van der Waals surface area contributed by atoms with Gasteiger partial charge in [0, 0.05) is 38.7 Å². The molecule has 2 amide bonds. The molecule has 3 rings (SSSR count). The van der Waals surface area contributed by atoms with Crippen molar-refractivity contribution in [2.75, 3.05) is 37.4 Å². The molecule has 0 bridgehead atoms. The standard InChI is InChI=1S/C19H25N5O/c1-19(15-8-5-4-6-9-15)10-7-11-24(13-19)18(25)22-16-12-17(23(2)3)21-14-20-16/h4-6,8-9,12,14H,7,10-11,13H2,1-3H3,(H,20,21,22,25). The molecular weight excluding hydrogens is 314 g/mol. The van der Waals surface area contributed by atoms with Gasteiger partial charge in [0.1, 0.15) is 18.0 Å². The van der Waals surface area contributed by atoms with E-state index >= 15 is 0 Å². The van der Waals surface area contributed by atoms with Gasteiger partial charge in [0.15, 0.2) is 0 Å². The summed E-state index contributed by atoms with van der Waals surface area (Å²) in [7, 11) is 3.81. The van der Waals surface area contributed by atoms with Crippen LogP contribution in [0.25, 0.3) is 0 Å². The van der Waals surface area contributed by atoms with E-state index < -0.39 is 0 Å². The van der Waals surface area contributed by atoms with Crippen molar-refractivity contribution in [1.29, 1.82) is 0 Å². The van der Waals surface area contributed by atoms with Gasteiger partial charge in [-0.2, -0.15) is 0 Å². The zero-order chi connectivity index (χ0) is 17.9. The number of nitrogens with zero attached hydrogens (tertiary/aromatic N) is 4. The molecule has 1 aromatic heterocycles. The number of piperidine rings is 1. The molecule has 132 valence electrons. The Morgan fingerprint density at radius 2 is 2.00 bits per heavy atom. The van der Waals surface area contributed by atoms with E-state index in [1.807, 2.05) is 30.0 Å². The van der Waals surface area contributed by atoms with Crippen molar-refractivity contribution in [1.82, 2.24) is 14.9 Å². The van der Waals surface area contributed by atoms with Gasteiger partial charge in [-0.3, -0.25) is 5.32 Å². The number of aromatic nitrogens is 2. The maximum absolute atomic E-state index is 12.7. The number of carbonyl (C=O) groups is 1. The van der Waals surface area contributed by atoms with Crippen molar-refractivity contribution in [2.45, 2.75) is 25.2 Å². The van der Waals surface area contributed by atoms with Crippen LogP contribution in [0.2, 0.25) is 0 Å². The topological polar surface area (TPSA) is 61.4 Å². The van der Waals surface area contributed by atoms with Gasteiger partial charge in [0.25, 0.3) is 0 Å². The van der Waals surface area contributed by atoms with Gasteiger partial charge in [-0.1, -0.05) is 37.3 Å². The Morgan fingerprint density at radius 1 is 1.24 bits per heavy atom. The Morgan fingerprint density at radius 3 is 2.72 bits per heavy atom. The molecule has 1 aliphatic heterocycles. The number of amides is 2. The van der Waals surface area contributed by atoms with Crippen LogP contribution in [0.15, 0.2) is 42.7 Å². The molecule has 1 aliphatic rings. The van der Waals surface area contributed by atoms with Gasteiger partial charge in [0.05, 0.1) is 0 Å². The first-order chi connectivity index (χ1) is 12.0. The molecule has 1 fully saturated rings. The van der Waals surface area contributed by atoms with E-state index in [-0.39, 0.29) is 11.4 Å². The second-order valence-electron chi connectivity index (χ2n) is 7.04. The monoisotopic (exact) mass is 339 g/mol. The van der Waals surface area contributed by atoms with Crippen molar-refractivity contribution < 1.29 is 4.79 Å². The molecule has 1 N–H and O–H groups in total. The fraction of sp³-hybridized carbons (Fsp3) is 0.421. The molecule has 2 aromatic rings. The van der Waals surface area contributed by atoms with Gasteiger partial charge >= 0.3 is 6.03 Å². The largest absolute Gasteiger partial charge is 0.363 e. The first-order valence-electron chi connectivity index (χ1n) is 8.59. The molecule has 1 saturated heterocycles. The molecule has 6 heteroatoms. The molecule has 0 saturated carbocycles. The summed E-state index contributed by atoms with van der Waals surface area (Å²) in [5, 5.41) is 2.91. The Kier molecular flexibility index (Phi) is 4.88. The molecule has 1 atom stereocenters. The number of carbonyl (C=O) groups excluding carboxylic acids is 1. The molecule has 2 heterocycles. The fourth-order valence-corrected chi connectivity index (χ4v) is 3.34. The highest BCUT2D eigenvalue weighted by molar-refractivity contribution is 5.88. The number of benzene rings is 1. The minimum atomic E-state index is -0.106. The number of urea groups is 1. The number of anilines is 2. The maximum Gasteiger partial charge on any atom is 0.323 e. The zero-order valence-electron chi connectivity index (χ0n) is 15.1. The van der Waals surface area contributed by atoms with E-state index in [9.17, 15) is 4.79 Å². The average molecular weight is 339 g/mol. The molecule has 25 heavy (non-hydrogen) atoms. The third-order valence-corrected chi connectivity index (χ3v) is 4.80. The first kappa shape index (κ1) is 17.2. The van der Waals surface area contributed by atoms with Crippen molar-refractivity contribution >= 4 is 17.7 Å². The van der Waals surface area contributed by atoms with Crippen molar-refractivity contribution in [3.8, 4) is 0 Å². The summed E-state index contributed by atoms with van der Waals surface area (Å²) in [6, 6.07) is 12.1. The number of rotatable bonds is 3. The Balaban J connectivity index is 1.71. The quantitative estimate of drug-likeness (QED) is 0.933. The van der Waals surface area contributed by atoms with Gasteiger partial charge in [-0.25, -0.2) is 14.8 Å². The van der Waals surface area contributed by atoms with Crippen LogP contribution in [0, 0.1) is 0 Å². The van der Waals surface area contributed by atoms with Crippen LogP contribution in [0.4, 0.5) is 16.4 Å². The van der Waals surface area contributed by atoms with E-state index in [0.29, 0.717) is 12.4 Å². The Hall–Kier alpha value is -2.63. The third-order valence-electron chi connectivity index (χ3n) is 4.80. The van der Waals surface area contributed by atoms with Gasteiger partial charge < -0.3 is 9.80 Å². The average Bonchev–Trinajstić information content (AvgIpc) is 2.63. The van der Waals surface area contributed by atoms with Crippen LogP contribution in [0.5, 0.6) is 0 Å². The first-order valence-corrected chi connectivity index (χ1v) is 8.59. The lowest BCUT2D eigenvalue weighted by Gasteiger charge is -2.40. The van der Waals surface area contributed by atoms with Gasteiger partial charge in [-0.05, 0) is 18.4 Å². The summed E-state index contributed by atoms with van der Waals surface area (Å²) in [6.45, 7) is 3.70. The van der Waals surface area contributed by atoms with Crippen molar-refractivity contribution in [3.63, 3.8) is 0 Å². The number of nitrogens with one attached hydrogen (secondary N) is 1. The van der Waals surface area contributed by atoms with Crippen LogP contribution in [-0.4, -0.2) is 48.1 Å². The summed E-state index contributed by atoms with van der Waals surface area (Å²) in [6.07, 6.45) is 3.54. The predicted molar refractivity (Wildman–Crippen MR) is 100.0 cm³/mol. The van der Waals surface area contributed by atoms with Crippen molar-refractivity contribution in [2.24, 2.45) is 0 Å².